The lowest BCUT2D eigenvalue weighted by atomic mass is 10.1. The van der Waals surface area contributed by atoms with Gasteiger partial charge in [0.05, 0.1) is 7.11 Å². The van der Waals surface area contributed by atoms with Crippen molar-refractivity contribution in [2.75, 3.05) is 7.11 Å². The molecule has 0 heterocycles. The van der Waals surface area contributed by atoms with Gasteiger partial charge in [0, 0.05) is 10.5 Å². The molecule has 2 rings (SSSR count). The Morgan fingerprint density at radius 3 is 2.27 bits per heavy atom. The molecule has 0 aliphatic carbocycles. The van der Waals surface area contributed by atoms with Crippen molar-refractivity contribution in [3.8, 4) is 0 Å². The van der Waals surface area contributed by atoms with E-state index in [-0.39, 0.29) is 5.78 Å². The average Bonchev–Trinajstić information content (AvgIpc) is 2.56. The lowest BCUT2D eigenvalue weighted by molar-refractivity contribution is 0.0970. The fourth-order valence-electron chi connectivity index (χ4n) is 1.82. The van der Waals surface area contributed by atoms with Crippen LogP contribution in [0.2, 0.25) is 0 Å². The van der Waals surface area contributed by atoms with E-state index in [1.54, 1.807) is 24.3 Å². The quantitative estimate of drug-likeness (QED) is 0.520. The van der Waals surface area contributed by atoms with Gasteiger partial charge in [-0.25, -0.2) is 4.79 Å². The molecule has 22 heavy (non-hydrogen) atoms. The second-order valence-corrected chi connectivity index (χ2v) is 5.86. The number of alkyl carbamates (subject to hydrolysis) is 1. The summed E-state index contributed by atoms with van der Waals surface area (Å²) in [5.74, 6) is -0.170. The summed E-state index contributed by atoms with van der Waals surface area (Å²) < 4.78 is 4.61. The van der Waals surface area contributed by atoms with Crippen molar-refractivity contribution >= 4 is 23.6 Å². The van der Waals surface area contributed by atoms with E-state index in [0.717, 1.165) is 10.5 Å². The number of hydrogen-bond donors (Lipinski definition) is 1. The van der Waals surface area contributed by atoms with Crippen LogP contribution >= 0.6 is 11.8 Å². The van der Waals surface area contributed by atoms with E-state index in [2.05, 4.69) is 10.1 Å². The van der Waals surface area contributed by atoms with Gasteiger partial charge in [0.2, 0.25) is 0 Å². The molecule has 0 radical (unpaired) electrons. The highest BCUT2D eigenvalue weighted by molar-refractivity contribution is 8.00. The van der Waals surface area contributed by atoms with Crippen LogP contribution in [0.4, 0.5) is 4.79 Å². The van der Waals surface area contributed by atoms with Crippen molar-refractivity contribution in [3.05, 3.63) is 65.7 Å². The summed E-state index contributed by atoms with van der Waals surface area (Å²) in [7, 11) is 1.27. The van der Waals surface area contributed by atoms with Crippen molar-refractivity contribution < 1.29 is 14.3 Å². The van der Waals surface area contributed by atoms with Gasteiger partial charge in [0.15, 0.2) is 5.78 Å². The van der Waals surface area contributed by atoms with E-state index in [1.165, 1.54) is 18.9 Å². The maximum atomic E-state index is 12.6. The van der Waals surface area contributed by atoms with E-state index in [4.69, 9.17) is 0 Å². The van der Waals surface area contributed by atoms with Crippen molar-refractivity contribution in [1.29, 1.82) is 0 Å². The number of ketones is 1. The van der Waals surface area contributed by atoms with E-state index in [9.17, 15) is 9.59 Å². The maximum Gasteiger partial charge on any atom is 0.408 e. The Bertz CT molecular complexity index is 641. The zero-order valence-corrected chi connectivity index (χ0v) is 13.2. The minimum atomic E-state index is -0.738. The van der Waals surface area contributed by atoms with Gasteiger partial charge in [-0.05, 0) is 19.1 Å². The van der Waals surface area contributed by atoms with Crippen LogP contribution < -0.4 is 5.32 Å². The molecule has 1 atom stereocenters. The number of carbonyl (C=O) groups excluding carboxylic acids is 2. The van der Waals surface area contributed by atoms with Crippen LogP contribution in [0.1, 0.15) is 15.9 Å². The number of aryl methyl sites for hydroxylation is 1. The summed E-state index contributed by atoms with van der Waals surface area (Å²) in [6.07, 6.45) is -0.631. The van der Waals surface area contributed by atoms with E-state index in [1.807, 2.05) is 37.3 Å². The van der Waals surface area contributed by atoms with Crippen LogP contribution in [-0.2, 0) is 4.74 Å². The number of methoxy groups -OCH3 is 1. The number of rotatable bonds is 5. The van der Waals surface area contributed by atoms with E-state index < -0.39 is 11.5 Å². The summed E-state index contributed by atoms with van der Waals surface area (Å²) in [6, 6.07) is 16.6. The fourth-order valence-corrected chi connectivity index (χ4v) is 2.78. The molecule has 2 aromatic carbocycles. The van der Waals surface area contributed by atoms with Gasteiger partial charge in [-0.15, -0.1) is 0 Å². The molecule has 0 spiro atoms. The number of carbonyl (C=O) groups is 2. The Kier molecular flexibility index (Phi) is 5.61. The molecule has 0 aliphatic rings. The number of amides is 1. The topological polar surface area (TPSA) is 55.4 Å². The Morgan fingerprint density at radius 2 is 1.68 bits per heavy atom. The number of nitrogens with one attached hydrogen (secondary N) is 1. The second-order valence-electron chi connectivity index (χ2n) is 4.68. The zero-order valence-electron chi connectivity index (χ0n) is 12.4. The first-order valence-electron chi connectivity index (χ1n) is 6.77. The standard InChI is InChI=1S/C17H17NO3S/c1-12-8-10-14(11-9-12)22-16(18-17(20)21-2)15(19)13-6-4-3-5-7-13/h3-11,16H,1-2H3,(H,18,20)/t16-/m0/s1. The Hall–Kier alpha value is -2.27. The summed E-state index contributed by atoms with van der Waals surface area (Å²) in [5, 5.41) is 1.84. The molecule has 4 nitrogen and oxygen atoms in total. The Labute approximate surface area is 133 Å². The molecule has 0 saturated heterocycles. The highest BCUT2D eigenvalue weighted by atomic mass is 32.2. The molecule has 0 aromatic heterocycles. The van der Waals surface area contributed by atoms with Crippen LogP contribution in [0, 0.1) is 6.92 Å². The van der Waals surface area contributed by atoms with Crippen molar-refractivity contribution in [2.24, 2.45) is 0 Å². The number of hydrogen-bond acceptors (Lipinski definition) is 4. The third kappa shape index (κ3) is 4.36. The van der Waals surface area contributed by atoms with Crippen LogP contribution in [0.15, 0.2) is 59.5 Å². The van der Waals surface area contributed by atoms with Gasteiger partial charge < -0.3 is 10.1 Å². The number of ether oxygens (including phenoxy) is 1. The molecule has 1 N–H and O–H groups in total. The minimum Gasteiger partial charge on any atom is -0.453 e. The smallest absolute Gasteiger partial charge is 0.408 e. The zero-order chi connectivity index (χ0) is 15.9. The molecule has 0 unspecified atom stereocenters. The van der Waals surface area contributed by atoms with Gasteiger partial charge in [-0.1, -0.05) is 59.8 Å². The first-order valence-corrected chi connectivity index (χ1v) is 7.65. The van der Waals surface area contributed by atoms with E-state index in [0.29, 0.717) is 5.56 Å². The van der Waals surface area contributed by atoms with Gasteiger partial charge in [-0.2, -0.15) is 0 Å². The molecule has 0 saturated carbocycles. The predicted molar refractivity (Wildman–Crippen MR) is 87.1 cm³/mol. The largest absolute Gasteiger partial charge is 0.453 e. The third-order valence-corrected chi connectivity index (χ3v) is 4.12. The first kappa shape index (κ1) is 16.1. The lowest BCUT2D eigenvalue weighted by Crippen LogP contribution is -2.38. The fraction of sp³-hybridized carbons (Fsp3) is 0.176. The molecule has 0 aliphatic heterocycles. The Morgan fingerprint density at radius 1 is 1.05 bits per heavy atom. The summed E-state index contributed by atoms with van der Waals surface area (Å²) >= 11 is 1.28. The molecule has 0 bridgehead atoms. The van der Waals surface area contributed by atoms with Gasteiger partial charge in [-0.3, -0.25) is 4.79 Å². The molecule has 0 fully saturated rings. The average molecular weight is 315 g/mol. The highest BCUT2D eigenvalue weighted by Crippen LogP contribution is 2.25. The summed E-state index contributed by atoms with van der Waals surface area (Å²) in [5.41, 5.74) is 1.68. The van der Waals surface area contributed by atoms with Gasteiger partial charge >= 0.3 is 6.09 Å². The molecular weight excluding hydrogens is 298 g/mol. The first-order chi connectivity index (χ1) is 10.6. The normalized spacial score (nSPS) is 11.5. The Balaban J connectivity index is 2.20. The minimum absolute atomic E-state index is 0.170. The predicted octanol–water partition coefficient (Wildman–Crippen LogP) is 3.65. The monoisotopic (exact) mass is 315 g/mol. The lowest BCUT2D eigenvalue weighted by Gasteiger charge is -2.16. The molecule has 5 heteroatoms. The molecule has 114 valence electrons. The van der Waals surface area contributed by atoms with Crippen LogP contribution in [0.3, 0.4) is 0 Å². The number of benzene rings is 2. The highest BCUT2D eigenvalue weighted by Gasteiger charge is 2.23. The summed E-state index contributed by atoms with van der Waals surface area (Å²) in [4.78, 5) is 25.0. The van der Waals surface area contributed by atoms with Crippen LogP contribution in [0.5, 0.6) is 0 Å². The second kappa shape index (κ2) is 7.66. The number of Topliss-reactive ketones (excluding diaryl/α,β-unsaturated/α-hetero) is 1. The van der Waals surface area contributed by atoms with Crippen LogP contribution in [-0.4, -0.2) is 24.4 Å². The van der Waals surface area contributed by atoms with Crippen molar-refractivity contribution in [2.45, 2.75) is 17.2 Å². The van der Waals surface area contributed by atoms with Gasteiger partial charge in [0.25, 0.3) is 0 Å². The van der Waals surface area contributed by atoms with E-state index >= 15 is 0 Å². The SMILES string of the molecule is COC(=O)N[C@@H](Sc1ccc(C)cc1)C(=O)c1ccccc1. The summed E-state index contributed by atoms with van der Waals surface area (Å²) in [6.45, 7) is 1.99. The van der Waals surface area contributed by atoms with Crippen molar-refractivity contribution in [1.82, 2.24) is 5.32 Å². The van der Waals surface area contributed by atoms with Gasteiger partial charge in [0.1, 0.15) is 5.37 Å². The van der Waals surface area contributed by atoms with Crippen LogP contribution in [0.25, 0.3) is 0 Å². The molecule has 1 amide bonds. The third-order valence-electron chi connectivity index (χ3n) is 3.01. The molecular formula is C17H17NO3S. The van der Waals surface area contributed by atoms with Crippen molar-refractivity contribution in [3.63, 3.8) is 0 Å². The number of thioether (sulfide) groups is 1. The maximum absolute atomic E-state index is 12.6. The molecule has 2 aromatic rings.